The molecule has 1 aromatic heterocycles. The quantitative estimate of drug-likeness (QED) is 0.747. The van der Waals surface area contributed by atoms with Crippen LogP contribution >= 0.6 is 0 Å². The zero-order chi connectivity index (χ0) is 19.3. The molecule has 0 aliphatic heterocycles. The predicted molar refractivity (Wildman–Crippen MR) is 92.6 cm³/mol. The van der Waals surface area contributed by atoms with E-state index in [9.17, 15) is 13.6 Å². The van der Waals surface area contributed by atoms with Gasteiger partial charge in [-0.05, 0) is 44.0 Å². The molecule has 0 spiro atoms. The van der Waals surface area contributed by atoms with E-state index in [2.05, 4.69) is 20.4 Å². The lowest BCUT2D eigenvalue weighted by atomic mass is 9.94. The van der Waals surface area contributed by atoms with Crippen LogP contribution in [0.25, 0.3) is 5.69 Å². The molecule has 0 aliphatic rings. The van der Waals surface area contributed by atoms with E-state index in [-0.39, 0.29) is 17.4 Å². The van der Waals surface area contributed by atoms with Gasteiger partial charge in [-0.1, -0.05) is 19.1 Å². The van der Waals surface area contributed by atoms with Crippen LogP contribution in [0.4, 0.5) is 8.78 Å². The number of carbonyl (C=O) groups excluding carboxylic acids is 1. The van der Waals surface area contributed by atoms with E-state index in [0.29, 0.717) is 17.9 Å². The monoisotopic (exact) mass is 367 g/mol. The van der Waals surface area contributed by atoms with Crippen molar-refractivity contribution in [1.82, 2.24) is 20.3 Å². The second-order valence-corrected chi connectivity index (χ2v) is 6.06. The summed E-state index contributed by atoms with van der Waals surface area (Å²) in [7, 11) is 0. The smallest absolute Gasteiger partial charge is 0.387 e. The minimum Gasteiger partial charge on any atom is -0.435 e. The van der Waals surface area contributed by atoms with Gasteiger partial charge in [-0.25, -0.2) is 4.68 Å². The predicted octanol–water partition coefficient (Wildman–Crippen LogP) is 2.42. The fraction of sp³-hybridized carbons (Fsp3) is 0.471. The average Bonchev–Trinajstić information content (AvgIpc) is 3.01. The zero-order valence-corrected chi connectivity index (χ0v) is 15.0. The third-order valence-corrected chi connectivity index (χ3v) is 4.43. The fourth-order valence-electron chi connectivity index (χ4n) is 2.39. The highest BCUT2D eigenvalue weighted by atomic mass is 19.3. The third kappa shape index (κ3) is 4.54. The summed E-state index contributed by atoms with van der Waals surface area (Å²) in [5.41, 5.74) is 7.02. The number of amides is 1. The normalized spacial score (nSPS) is 11.7. The molecule has 7 nitrogen and oxygen atoms in total. The Kier molecular flexibility index (Phi) is 6.25. The highest BCUT2D eigenvalue weighted by Gasteiger charge is 2.23. The van der Waals surface area contributed by atoms with E-state index in [4.69, 9.17) is 5.73 Å². The first-order valence-electron chi connectivity index (χ1n) is 8.34. The first-order valence-corrected chi connectivity index (χ1v) is 8.34. The van der Waals surface area contributed by atoms with Gasteiger partial charge >= 0.3 is 6.61 Å². The highest BCUT2D eigenvalue weighted by Crippen LogP contribution is 2.19. The van der Waals surface area contributed by atoms with Gasteiger partial charge in [-0.2, -0.15) is 8.78 Å². The molecular weight excluding hydrogens is 344 g/mol. The molecule has 0 aliphatic carbocycles. The number of nitrogens with one attached hydrogen (secondary N) is 1. The Balaban J connectivity index is 2.13. The summed E-state index contributed by atoms with van der Waals surface area (Å²) < 4.78 is 30.2. The number of halogens is 2. The summed E-state index contributed by atoms with van der Waals surface area (Å²) in [6.45, 7) is 3.10. The van der Waals surface area contributed by atoms with Gasteiger partial charge in [0.05, 0.1) is 11.4 Å². The Labute approximate surface area is 150 Å². The maximum absolute atomic E-state index is 12.4. The molecule has 0 saturated carbocycles. The standard InChI is InChI=1S/C17H23F2N5O2/c1-4-17(20,5-2)10-21-15(25)14-11(3)24(23-22-14)12-6-8-13(9-7-12)26-16(18)19/h6-9,16H,4-5,10,20H2,1-3H3,(H,21,25). The summed E-state index contributed by atoms with van der Waals surface area (Å²) in [6.07, 6.45) is 1.48. The van der Waals surface area contributed by atoms with Gasteiger partial charge < -0.3 is 15.8 Å². The lowest BCUT2D eigenvalue weighted by Gasteiger charge is -2.26. The van der Waals surface area contributed by atoms with Crippen LogP contribution in [-0.4, -0.2) is 39.6 Å². The lowest BCUT2D eigenvalue weighted by molar-refractivity contribution is -0.0498. The molecule has 0 fully saturated rings. The molecule has 3 N–H and O–H groups in total. The van der Waals surface area contributed by atoms with E-state index in [0.717, 1.165) is 12.8 Å². The van der Waals surface area contributed by atoms with E-state index in [1.807, 2.05) is 13.8 Å². The molecule has 0 unspecified atom stereocenters. The van der Waals surface area contributed by atoms with Crippen molar-refractivity contribution in [2.24, 2.45) is 5.73 Å². The van der Waals surface area contributed by atoms with Crippen LogP contribution in [0.15, 0.2) is 24.3 Å². The van der Waals surface area contributed by atoms with Crippen LogP contribution in [0.1, 0.15) is 42.9 Å². The van der Waals surface area contributed by atoms with Crippen molar-refractivity contribution in [2.45, 2.75) is 45.8 Å². The van der Waals surface area contributed by atoms with E-state index < -0.39 is 12.2 Å². The highest BCUT2D eigenvalue weighted by molar-refractivity contribution is 5.93. The largest absolute Gasteiger partial charge is 0.435 e. The van der Waals surface area contributed by atoms with Crippen LogP contribution in [-0.2, 0) is 0 Å². The van der Waals surface area contributed by atoms with Gasteiger partial charge in [-0.15, -0.1) is 5.10 Å². The maximum atomic E-state index is 12.4. The first kappa shape index (κ1) is 19.8. The molecule has 0 saturated heterocycles. The second kappa shape index (κ2) is 8.22. The Hall–Kier alpha value is -2.55. The number of hydrogen-bond donors (Lipinski definition) is 2. The number of rotatable bonds is 8. The fourth-order valence-corrected chi connectivity index (χ4v) is 2.39. The van der Waals surface area contributed by atoms with Crippen LogP contribution in [0.5, 0.6) is 5.75 Å². The van der Waals surface area contributed by atoms with E-state index >= 15 is 0 Å². The summed E-state index contributed by atoms with van der Waals surface area (Å²) in [4.78, 5) is 12.4. The Bertz CT molecular complexity index is 742. The first-order chi connectivity index (χ1) is 12.3. The number of ether oxygens (including phenoxy) is 1. The molecule has 142 valence electrons. The van der Waals surface area contributed by atoms with Crippen molar-refractivity contribution in [3.63, 3.8) is 0 Å². The number of carbonyl (C=O) groups is 1. The minimum absolute atomic E-state index is 0.0397. The van der Waals surface area contributed by atoms with Gasteiger partial charge in [0.1, 0.15) is 5.75 Å². The van der Waals surface area contributed by atoms with Gasteiger partial charge in [0.2, 0.25) is 0 Å². The molecule has 1 amide bonds. The zero-order valence-electron chi connectivity index (χ0n) is 15.0. The Morgan fingerprint density at radius 2 is 1.92 bits per heavy atom. The van der Waals surface area contributed by atoms with Crippen molar-refractivity contribution >= 4 is 5.91 Å². The van der Waals surface area contributed by atoms with Gasteiger partial charge in [-0.3, -0.25) is 4.79 Å². The summed E-state index contributed by atoms with van der Waals surface area (Å²) >= 11 is 0. The number of nitrogens with zero attached hydrogens (tertiary/aromatic N) is 3. The molecule has 26 heavy (non-hydrogen) atoms. The molecule has 1 heterocycles. The van der Waals surface area contributed by atoms with Crippen molar-refractivity contribution in [3.8, 4) is 11.4 Å². The number of hydrogen-bond acceptors (Lipinski definition) is 5. The molecule has 9 heteroatoms. The SMILES string of the molecule is CCC(N)(CC)CNC(=O)c1nnn(-c2ccc(OC(F)F)cc2)c1C. The summed E-state index contributed by atoms with van der Waals surface area (Å²) in [5.74, 6) is -0.318. The number of nitrogens with two attached hydrogens (primary N) is 1. The molecule has 1 aromatic carbocycles. The third-order valence-electron chi connectivity index (χ3n) is 4.43. The molecule has 0 atom stereocenters. The number of aromatic nitrogens is 3. The van der Waals surface area contributed by atoms with Crippen LogP contribution in [0.2, 0.25) is 0 Å². The minimum atomic E-state index is -2.88. The molecule has 2 aromatic rings. The topological polar surface area (TPSA) is 95.1 Å². The van der Waals surface area contributed by atoms with Crippen LogP contribution < -0.4 is 15.8 Å². The molecule has 0 radical (unpaired) electrons. The maximum Gasteiger partial charge on any atom is 0.387 e. The van der Waals surface area contributed by atoms with Gasteiger partial charge in [0, 0.05) is 12.1 Å². The molecular formula is C17H23F2N5O2. The van der Waals surface area contributed by atoms with Gasteiger partial charge in [0.15, 0.2) is 5.69 Å². The van der Waals surface area contributed by atoms with E-state index in [1.165, 1.54) is 16.8 Å². The van der Waals surface area contributed by atoms with Crippen molar-refractivity contribution < 1.29 is 18.3 Å². The summed E-state index contributed by atoms with van der Waals surface area (Å²) in [6, 6.07) is 5.90. The Morgan fingerprint density at radius 3 is 2.46 bits per heavy atom. The van der Waals surface area contributed by atoms with Gasteiger partial charge in [0.25, 0.3) is 5.91 Å². The number of alkyl halides is 2. The lowest BCUT2D eigenvalue weighted by Crippen LogP contribution is -2.49. The van der Waals surface area contributed by atoms with Crippen LogP contribution in [0.3, 0.4) is 0 Å². The second-order valence-electron chi connectivity index (χ2n) is 6.06. The molecule has 0 bridgehead atoms. The van der Waals surface area contributed by atoms with E-state index in [1.54, 1.807) is 19.1 Å². The Morgan fingerprint density at radius 1 is 1.31 bits per heavy atom. The molecule has 2 rings (SSSR count). The average molecular weight is 367 g/mol. The van der Waals surface area contributed by atoms with Crippen LogP contribution in [0, 0.1) is 6.92 Å². The van der Waals surface area contributed by atoms with Crippen molar-refractivity contribution in [1.29, 1.82) is 0 Å². The van der Waals surface area contributed by atoms with Crippen molar-refractivity contribution in [2.75, 3.05) is 6.54 Å². The number of benzene rings is 1. The van der Waals surface area contributed by atoms with Crippen molar-refractivity contribution in [3.05, 3.63) is 35.7 Å². The summed E-state index contributed by atoms with van der Waals surface area (Å²) in [5, 5.41) is 10.7.